The van der Waals surface area contributed by atoms with E-state index in [-0.39, 0.29) is 11.6 Å². The fourth-order valence-corrected chi connectivity index (χ4v) is 3.32. The Hall–Kier alpha value is -3.02. The number of rotatable bonds is 4. The van der Waals surface area contributed by atoms with Crippen LogP contribution in [-0.2, 0) is 0 Å². The molecule has 6 nitrogen and oxygen atoms in total. The van der Waals surface area contributed by atoms with Crippen LogP contribution in [-0.4, -0.2) is 16.5 Å². The summed E-state index contributed by atoms with van der Waals surface area (Å²) in [5, 5.41) is 15.1. The van der Waals surface area contributed by atoms with Gasteiger partial charge in [0.15, 0.2) is 0 Å². The lowest BCUT2D eigenvalue weighted by Crippen LogP contribution is -2.22. The third kappa shape index (κ3) is 4.14. The molecule has 3 rings (SSSR count). The molecule has 0 heterocycles. The fraction of sp³-hybridized carbons (Fsp3) is 0.300. The van der Waals surface area contributed by atoms with E-state index in [4.69, 9.17) is 0 Å². The van der Waals surface area contributed by atoms with Crippen molar-refractivity contribution < 1.29 is 9.72 Å². The van der Waals surface area contributed by atoms with E-state index in [9.17, 15) is 14.9 Å². The first kappa shape index (κ1) is 17.8. The third-order valence-electron chi connectivity index (χ3n) is 4.80. The lowest BCUT2D eigenvalue weighted by atomic mass is 9.83. The molecule has 0 radical (unpaired) electrons. The molecule has 0 spiro atoms. The summed E-state index contributed by atoms with van der Waals surface area (Å²) in [6, 6.07) is 14.8. The van der Waals surface area contributed by atoms with E-state index in [1.54, 1.807) is 6.92 Å². The molecule has 0 aliphatic heterocycles. The minimum atomic E-state index is -0.456. The number of amides is 1. The number of nitro benzene ring substituents is 1. The average molecular weight is 351 g/mol. The Labute approximate surface area is 152 Å². The van der Waals surface area contributed by atoms with Crippen LogP contribution in [0.2, 0.25) is 0 Å². The quantitative estimate of drug-likeness (QED) is 0.656. The normalized spacial score (nSPS) is 16.8. The number of nitrogens with one attached hydrogen (secondary N) is 1. The maximum Gasteiger partial charge on any atom is 0.272 e. The van der Waals surface area contributed by atoms with Gasteiger partial charge in [-0.3, -0.25) is 14.9 Å². The maximum absolute atomic E-state index is 12.2. The van der Waals surface area contributed by atoms with Crippen molar-refractivity contribution in [2.24, 2.45) is 5.10 Å². The summed E-state index contributed by atoms with van der Waals surface area (Å²) in [5.41, 5.74) is 5.76. The number of hydrogen-bond acceptors (Lipinski definition) is 4. The number of hydrazone groups is 1. The summed E-state index contributed by atoms with van der Waals surface area (Å²) in [6.07, 6.45) is 3.77. The topological polar surface area (TPSA) is 84.6 Å². The SMILES string of the molecule is Cc1cc(C(=O)NN=C2CCC(c3ccccc3)CC2)ccc1[N+](=O)[O-]. The van der Waals surface area contributed by atoms with Crippen LogP contribution >= 0.6 is 0 Å². The van der Waals surface area contributed by atoms with Gasteiger partial charge in [-0.05, 0) is 56.2 Å². The minimum absolute atomic E-state index is 0.00657. The van der Waals surface area contributed by atoms with Crippen LogP contribution in [0.25, 0.3) is 0 Å². The number of benzene rings is 2. The molecule has 1 saturated carbocycles. The average Bonchev–Trinajstić information content (AvgIpc) is 2.67. The largest absolute Gasteiger partial charge is 0.272 e. The minimum Gasteiger partial charge on any atom is -0.267 e. The van der Waals surface area contributed by atoms with Crippen molar-refractivity contribution in [2.75, 3.05) is 0 Å². The van der Waals surface area contributed by atoms with E-state index in [2.05, 4.69) is 34.8 Å². The second-order valence-corrected chi connectivity index (χ2v) is 6.56. The molecule has 2 aromatic rings. The molecule has 6 heteroatoms. The number of nitrogens with zero attached hydrogens (tertiary/aromatic N) is 2. The van der Waals surface area contributed by atoms with Crippen molar-refractivity contribution in [3.8, 4) is 0 Å². The van der Waals surface area contributed by atoms with Gasteiger partial charge in [0, 0.05) is 22.9 Å². The first-order valence-corrected chi connectivity index (χ1v) is 8.70. The lowest BCUT2D eigenvalue weighted by Gasteiger charge is -2.23. The van der Waals surface area contributed by atoms with Crippen LogP contribution in [0.1, 0.15) is 53.1 Å². The van der Waals surface area contributed by atoms with Crippen LogP contribution in [0.4, 0.5) is 5.69 Å². The second kappa shape index (κ2) is 7.91. The Balaban J connectivity index is 1.58. The van der Waals surface area contributed by atoms with Gasteiger partial charge < -0.3 is 0 Å². The molecule has 0 unspecified atom stereocenters. The van der Waals surface area contributed by atoms with Gasteiger partial charge in [0.05, 0.1) is 4.92 Å². The molecule has 1 fully saturated rings. The summed E-state index contributed by atoms with van der Waals surface area (Å²) >= 11 is 0. The molecule has 134 valence electrons. The van der Waals surface area contributed by atoms with Crippen molar-refractivity contribution in [1.82, 2.24) is 5.43 Å². The molecule has 1 aliphatic rings. The summed E-state index contributed by atoms with van der Waals surface area (Å²) in [6.45, 7) is 1.62. The highest BCUT2D eigenvalue weighted by Gasteiger charge is 2.19. The Morgan fingerprint density at radius 2 is 1.85 bits per heavy atom. The van der Waals surface area contributed by atoms with E-state index < -0.39 is 4.92 Å². The lowest BCUT2D eigenvalue weighted by molar-refractivity contribution is -0.385. The van der Waals surface area contributed by atoms with Gasteiger partial charge >= 0.3 is 0 Å². The fourth-order valence-electron chi connectivity index (χ4n) is 3.32. The molecule has 0 bridgehead atoms. The first-order valence-electron chi connectivity index (χ1n) is 8.70. The van der Waals surface area contributed by atoms with Gasteiger partial charge in [-0.2, -0.15) is 5.10 Å². The van der Waals surface area contributed by atoms with E-state index in [0.717, 1.165) is 31.4 Å². The number of aryl methyl sites for hydroxylation is 1. The molecule has 0 aromatic heterocycles. The zero-order valence-corrected chi connectivity index (χ0v) is 14.6. The van der Waals surface area contributed by atoms with Crippen LogP contribution < -0.4 is 5.43 Å². The van der Waals surface area contributed by atoms with Crippen LogP contribution in [0.15, 0.2) is 53.6 Å². The molecule has 1 N–H and O–H groups in total. The zero-order valence-electron chi connectivity index (χ0n) is 14.6. The summed E-state index contributed by atoms with van der Waals surface area (Å²) in [4.78, 5) is 22.6. The van der Waals surface area contributed by atoms with E-state index >= 15 is 0 Å². The Morgan fingerprint density at radius 1 is 1.15 bits per heavy atom. The molecule has 0 atom stereocenters. The smallest absolute Gasteiger partial charge is 0.267 e. The molecule has 26 heavy (non-hydrogen) atoms. The van der Waals surface area contributed by atoms with Gasteiger partial charge in [0.1, 0.15) is 0 Å². The van der Waals surface area contributed by atoms with Gasteiger partial charge in [0.2, 0.25) is 0 Å². The predicted molar refractivity (Wildman–Crippen MR) is 100 cm³/mol. The van der Waals surface area contributed by atoms with Crippen molar-refractivity contribution in [3.63, 3.8) is 0 Å². The van der Waals surface area contributed by atoms with Crippen molar-refractivity contribution in [3.05, 3.63) is 75.3 Å². The highest BCUT2D eigenvalue weighted by molar-refractivity contribution is 5.96. The highest BCUT2D eigenvalue weighted by atomic mass is 16.6. The van der Waals surface area contributed by atoms with Gasteiger partial charge in [0.25, 0.3) is 11.6 Å². The zero-order chi connectivity index (χ0) is 18.5. The molecule has 0 saturated heterocycles. The summed E-state index contributed by atoms with van der Waals surface area (Å²) < 4.78 is 0. The molecular weight excluding hydrogens is 330 g/mol. The summed E-state index contributed by atoms with van der Waals surface area (Å²) in [7, 11) is 0. The van der Waals surface area contributed by atoms with Gasteiger partial charge in [-0.15, -0.1) is 0 Å². The second-order valence-electron chi connectivity index (χ2n) is 6.56. The third-order valence-corrected chi connectivity index (χ3v) is 4.80. The summed E-state index contributed by atoms with van der Waals surface area (Å²) in [5.74, 6) is 0.198. The Bertz CT molecular complexity index is 837. The van der Waals surface area contributed by atoms with Crippen molar-refractivity contribution >= 4 is 17.3 Å². The van der Waals surface area contributed by atoms with Crippen LogP contribution in [0.3, 0.4) is 0 Å². The predicted octanol–water partition coefficient (Wildman–Crippen LogP) is 4.35. The monoisotopic (exact) mass is 351 g/mol. The van der Waals surface area contributed by atoms with E-state index in [0.29, 0.717) is 17.0 Å². The number of hydrogen-bond donors (Lipinski definition) is 1. The first-order chi connectivity index (χ1) is 12.5. The number of carbonyl (C=O) groups is 1. The Morgan fingerprint density at radius 3 is 2.46 bits per heavy atom. The van der Waals surface area contributed by atoms with E-state index in [1.807, 2.05) is 6.07 Å². The molecule has 1 amide bonds. The molecule has 2 aromatic carbocycles. The van der Waals surface area contributed by atoms with Crippen molar-refractivity contribution in [2.45, 2.75) is 38.5 Å². The van der Waals surface area contributed by atoms with Gasteiger partial charge in [-0.1, -0.05) is 30.3 Å². The standard InChI is InChI=1S/C20H21N3O3/c1-14-13-17(9-12-19(14)23(25)26)20(24)22-21-18-10-7-16(8-11-18)15-5-3-2-4-6-15/h2-6,9,12-13,16H,7-8,10-11H2,1H3,(H,22,24). The Kier molecular flexibility index (Phi) is 5.41. The highest BCUT2D eigenvalue weighted by Crippen LogP contribution is 2.31. The van der Waals surface area contributed by atoms with E-state index in [1.165, 1.54) is 23.8 Å². The van der Waals surface area contributed by atoms with Crippen LogP contribution in [0.5, 0.6) is 0 Å². The van der Waals surface area contributed by atoms with Crippen molar-refractivity contribution in [1.29, 1.82) is 0 Å². The molecule has 1 aliphatic carbocycles. The number of nitro groups is 1. The molecular formula is C20H21N3O3. The number of carbonyl (C=O) groups excluding carboxylic acids is 1. The van der Waals surface area contributed by atoms with Gasteiger partial charge in [-0.25, -0.2) is 5.43 Å². The van der Waals surface area contributed by atoms with Crippen LogP contribution in [0, 0.1) is 17.0 Å². The maximum atomic E-state index is 12.2.